The van der Waals surface area contributed by atoms with Crippen molar-refractivity contribution in [2.45, 2.75) is 19.8 Å². The van der Waals surface area contributed by atoms with E-state index in [4.69, 9.17) is 0 Å². The van der Waals surface area contributed by atoms with Gasteiger partial charge in [0.1, 0.15) is 0 Å². The Bertz CT molecular complexity index is 388. The molecule has 0 amide bonds. The van der Waals surface area contributed by atoms with Crippen LogP contribution in [0, 0.1) is 6.92 Å². The highest BCUT2D eigenvalue weighted by Gasteiger charge is 2.07. The molecule has 1 N–H and O–H groups in total. The van der Waals surface area contributed by atoms with Crippen LogP contribution in [0.3, 0.4) is 0 Å². The van der Waals surface area contributed by atoms with Crippen molar-refractivity contribution in [2.75, 3.05) is 27.7 Å². The van der Waals surface area contributed by atoms with Crippen LogP contribution in [-0.4, -0.2) is 38.5 Å². The minimum absolute atomic E-state index is 0. The van der Waals surface area contributed by atoms with Crippen molar-refractivity contribution in [1.82, 2.24) is 10.2 Å². The molecule has 1 atom stereocenters. The standard InChI is InChI=1S/C14H23N3.HI/c1-11-7-6-8-13(9-11)12(2)10-16-14(15-3)17(4)5;/h6-9,12H,10H2,1-5H3,(H,15,16);1H. The molecule has 1 unspecified atom stereocenters. The fourth-order valence-electron chi connectivity index (χ4n) is 1.78. The normalized spacial score (nSPS) is 12.6. The molecule has 4 heteroatoms. The Morgan fingerprint density at radius 3 is 2.56 bits per heavy atom. The SMILES string of the molecule is CN=C(NCC(C)c1cccc(C)c1)N(C)C.I. The van der Waals surface area contributed by atoms with Crippen molar-refractivity contribution in [3.63, 3.8) is 0 Å². The van der Waals surface area contributed by atoms with Gasteiger partial charge in [0.05, 0.1) is 0 Å². The van der Waals surface area contributed by atoms with Gasteiger partial charge in [-0.3, -0.25) is 4.99 Å². The molecular weight excluding hydrogens is 337 g/mol. The summed E-state index contributed by atoms with van der Waals surface area (Å²) in [5.74, 6) is 1.40. The van der Waals surface area contributed by atoms with Gasteiger partial charge in [0.2, 0.25) is 0 Å². The zero-order valence-corrected chi connectivity index (χ0v) is 14.2. The van der Waals surface area contributed by atoms with E-state index in [2.05, 4.69) is 48.4 Å². The molecule has 0 aliphatic carbocycles. The fraction of sp³-hybridized carbons (Fsp3) is 0.500. The van der Waals surface area contributed by atoms with Gasteiger partial charge in [0, 0.05) is 27.7 Å². The number of benzene rings is 1. The van der Waals surface area contributed by atoms with Gasteiger partial charge in [-0.15, -0.1) is 24.0 Å². The molecule has 102 valence electrons. The number of nitrogens with one attached hydrogen (secondary N) is 1. The van der Waals surface area contributed by atoms with Crippen LogP contribution in [0.15, 0.2) is 29.3 Å². The van der Waals surface area contributed by atoms with Crippen LogP contribution in [0.5, 0.6) is 0 Å². The Morgan fingerprint density at radius 1 is 1.39 bits per heavy atom. The summed E-state index contributed by atoms with van der Waals surface area (Å²) in [4.78, 5) is 6.19. The van der Waals surface area contributed by atoms with Gasteiger partial charge in [-0.25, -0.2) is 0 Å². The van der Waals surface area contributed by atoms with Crippen LogP contribution in [0.25, 0.3) is 0 Å². The Balaban J connectivity index is 0.00000289. The highest BCUT2D eigenvalue weighted by atomic mass is 127. The van der Waals surface area contributed by atoms with E-state index < -0.39 is 0 Å². The van der Waals surface area contributed by atoms with Gasteiger partial charge in [-0.2, -0.15) is 0 Å². The summed E-state index contributed by atoms with van der Waals surface area (Å²) in [5.41, 5.74) is 2.68. The lowest BCUT2D eigenvalue weighted by molar-refractivity contribution is 0.571. The molecule has 18 heavy (non-hydrogen) atoms. The van der Waals surface area contributed by atoms with Gasteiger partial charge < -0.3 is 10.2 Å². The summed E-state index contributed by atoms with van der Waals surface area (Å²) in [6, 6.07) is 8.66. The van der Waals surface area contributed by atoms with Gasteiger partial charge in [-0.1, -0.05) is 36.8 Å². The maximum Gasteiger partial charge on any atom is 0.193 e. The summed E-state index contributed by atoms with van der Waals surface area (Å²) >= 11 is 0. The lowest BCUT2D eigenvalue weighted by Gasteiger charge is -2.20. The largest absolute Gasteiger partial charge is 0.356 e. The van der Waals surface area contributed by atoms with Crippen molar-refractivity contribution >= 4 is 29.9 Å². The maximum absolute atomic E-state index is 4.20. The van der Waals surface area contributed by atoms with Crippen molar-refractivity contribution in [3.8, 4) is 0 Å². The average Bonchev–Trinajstić information content (AvgIpc) is 2.29. The number of hydrogen-bond acceptors (Lipinski definition) is 1. The first-order valence-electron chi connectivity index (χ1n) is 5.99. The van der Waals surface area contributed by atoms with Gasteiger partial charge in [0.25, 0.3) is 0 Å². The van der Waals surface area contributed by atoms with E-state index in [-0.39, 0.29) is 24.0 Å². The molecule has 0 aliphatic heterocycles. The third kappa shape index (κ3) is 5.25. The minimum Gasteiger partial charge on any atom is -0.356 e. The van der Waals surface area contributed by atoms with E-state index in [1.807, 2.05) is 19.0 Å². The fourth-order valence-corrected chi connectivity index (χ4v) is 1.78. The van der Waals surface area contributed by atoms with E-state index in [1.54, 1.807) is 7.05 Å². The maximum atomic E-state index is 4.20. The van der Waals surface area contributed by atoms with Crippen LogP contribution in [0.2, 0.25) is 0 Å². The molecule has 0 fully saturated rings. The quantitative estimate of drug-likeness (QED) is 0.509. The highest BCUT2D eigenvalue weighted by Crippen LogP contribution is 2.15. The molecule has 3 nitrogen and oxygen atoms in total. The van der Waals surface area contributed by atoms with Crippen LogP contribution in [0.4, 0.5) is 0 Å². The first-order chi connectivity index (χ1) is 8.04. The summed E-state index contributed by atoms with van der Waals surface area (Å²) in [6.07, 6.45) is 0. The number of aliphatic imine (C=N–C) groups is 1. The molecule has 1 rings (SSSR count). The smallest absolute Gasteiger partial charge is 0.193 e. The van der Waals surface area contributed by atoms with E-state index in [9.17, 15) is 0 Å². The van der Waals surface area contributed by atoms with Crippen LogP contribution >= 0.6 is 24.0 Å². The molecular formula is C14H24IN3. The molecule has 0 radical (unpaired) electrons. The summed E-state index contributed by atoms with van der Waals surface area (Å²) < 4.78 is 0. The van der Waals surface area contributed by atoms with Crippen molar-refractivity contribution in [3.05, 3.63) is 35.4 Å². The van der Waals surface area contributed by atoms with E-state index in [1.165, 1.54) is 11.1 Å². The molecule has 0 saturated carbocycles. The van der Waals surface area contributed by atoms with Gasteiger partial charge in [0.15, 0.2) is 5.96 Å². The van der Waals surface area contributed by atoms with Crippen LogP contribution < -0.4 is 5.32 Å². The summed E-state index contributed by atoms with van der Waals surface area (Å²) in [7, 11) is 5.79. The number of hydrogen-bond donors (Lipinski definition) is 1. The molecule has 0 heterocycles. The summed E-state index contributed by atoms with van der Waals surface area (Å²) in [5, 5.41) is 3.36. The van der Waals surface area contributed by atoms with Gasteiger partial charge in [-0.05, 0) is 18.4 Å². The third-order valence-corrected chi connectivity index (χ3v) is 2.81. The second-order valence-corrected chi connectivity index (χ2v) is 4.64. The van der Waals surface area contributed by atoms with E-state index >= 15 is 0 Å². The monoisotopic (exact) mass is 361 g/mol. The number of guanidine groups is 1. The third-order valence-electron chi connectivity index (χ3n) is 2.81. The Kier molecular flexibility index (Phi) is 7.98. The van der Waals surface area contributed by atoms with E-state index in [0.29, 0.717) is 5.92 Å². The van der Waals surface area contributed by atoms with Crippen molar-refractivity contribution < 1.29 is 0 Å². The Hall–Kier alpha value is -0.780. The number of halogens is 1. The zero-order chi connectivity index (χ0) is 12.8. The van der Waals surface area contributed by atoms with Crippen molar-refractivity contribution in [2.24, 2.45) is 4.99 Å². The lowest BCUT2D eigenvalue weighted by Crippen LogP contribution is -2.38. The predicted molar refractivity (Wildman–Crippen MR) is 90.1 cm³/mol. The molecule has 0 aliphatic rings. The second kappa shape index (κ2) is 8.34. The Morgan fingerprint density at radius 2 is 2.06 bits per heavy atom. The predicted octanol–water partition coefficient (Wildman–Crippen LogP) is 2.85. The highest BCUT2D eigenvalue weighted by molar-refractivity contribution is 14.0. The first-order valence-corrected chi connectivity index (χ1v) is 5.99. The second-order valence-electron chi connectivity index (χ2n) is 4.64. The minimum atomic E-state index is 0. The average molecular weight is 361 g/mol. The molecule has 0 saturated heterocycles. The van der Waals surface area contributed by atoms with Gasteiger partial charge >= 0.3 is 0 Å². The number of nitrogens with zero attached hydrogens (tertiary/aromatic N) is 2. The first kappa shape index (κ1) is 17.2. The summed E-state index contributed by atoms with van der Waals surface area (Å²) in [6.45, 7) is 5.25. The topological polar surface area (TPSA) is 27.6 Å². The number of rotatable bonds is 3. The molecule has 0 aromatic heterocycles. The molecule has 1 aromatic carbocycles. The zero-order valence-electron chi connectivity index (χ0n) is 11.9. The molecule has 0 spiro atoms. The lowest BCUT2D eigenvalue weighted by atomic mass is 9.99. The van der Waals surface area contributed by atoms with E-state index in [0.717, 1.165) is 12.5 Å². The molecule has 0 bridgehead atoms. The number of aryl methyl sites for hydroxylation is 1. The molecule has 1 aromatic rings. The van der Waals surface area contributed by atoms with Crippen LogP contribution in [-0.2, 0) is 0 Å². The van der Waals surface area contributed by atoms with Crippen LogP contribution in [0.1, 0.15) is 24.0 Å². The van der Waals surface area contributed by atoms with Crippen molar-refractivity contribution in [1.29, 1.82) is 0 Å². The Labute approximate surface area is 128 Å².